The fourth-order valence-electron chi connectivity index (χ4n) is 1.71. The van der Waals surface area contributed by atoms with E-state index in [4.69, 9.17) is 23.2 Å². The molecule has 64 valence electrons. The fraction of sp³-hybridized carbons (Fsp3) is 0.400. The predicted octanol–water partition coefficient (Wildman–Crippen LogP) is 3.96. The van der Waals surface area contributed by atoms with Crippen LogP contribution in [0.4, 0.5) is 0 Å². The van der Waals surface area contributed by atoms with Gasteiger partial charge in [0, 0.05) is 5.02 Å². The Morgan fingerprint density at radius 1 is 1.33 bits per heavy atom. The van der Waals surface area contributed by atoms with Crippen LogP contribution in [0.5, 0.6) is 0 Å². The normalized spacial score (nSPS) is 22.0. The summed E-state index contributed by atoms with van der Waals surface area (Å²) in [5.41, 5.74) is 2.60. The first-order valence-corrected chi connectivity index (χ1v) is 5.01. The van der Waals surface area contributed by atoms with E-state index in [9.17, 15) is 0 Å². The molecule has 2 rings (SSSR count). The summed E-state index contributed by atoms with van der Waals surface area (Å²) < 4.78 is 0. The van der Waals surface area contributed by atoms with Gasteiger partial charge in [0.05, 0.1) is 5.38 Å². The molecule has 0 fully saturated rings. The van der Waals surface area contributed by atoms with Crippen LogP contribution in [-0.4, -0.2) is 0 Å². The number of rotatable bonds is 0. The van der Waals surface area contributed by atoms with Crippen molar-refractivity contribution < 1.29 is 0 Å². The minimum Gasteiger partial charge on any atom is -0.118 e. The Morgan fingerprint density at radius 3 is 3.00 bits per heavy atom. The highest BCUT2D eigenvalue weighted by molar-refractivity contribution is 6.30. The molecule has 0 aromatic heterocycles. The molecule has 1 aliphatic rings. The molecule has 0 saturated carbocycles. The topological polar surface area (TPSA) is 0 Å². The largest absolute Gasteiger partial charge is 0.118 e. The SMILES string of the molecule is Clc1ccc2c(c1)[C@H](Cl)CCC2. The Balaban J connectivity index is 2.47. The molecule has 1 aliphatic carbocycles. The Bertz CT molecular complexity index is 294. The lowest BCUT2D eigenvalue weighted by Gasteiger charge is -2.20. The summed E-state index contributed by atoms with van der Waals surface area (Å²) in [6.45, 7) is 0. The minimum atomic E-state index is 0.174. The first-order chi connectivity index (χ1) is 5.77. The van der Waals surface area contributed by atoms with E-state index in [1.807, 2.05) is 12.1 Å². The van der Waals surface area contributed by atoms with E-state index in [1.54, 1.807) is 0 Å². The summed E-state index contributed by atoms with van der Waals surface area (Å²) in [6.07, 6.45) is 3.42. The smallest absolute Gasteiger partial charge is 0.0588 e. The molecule has 0 radical (unpaired) electrons. The van der Waals surface area contributed by atoms with E-state index in [2.05, 4.69) is 6.07 Å². The van der Waals surface area contributed by atoms with E-state index in [0.717, 1.165) is 17.9 Å². The molecule has 0 saturated heterocycles. The Hall–Kier alpha value is -0.200. The van der Waals surface area contributed by atoms with Crippen molar-refractivity contribution in [3.05, 3.63) is 34.3 Å². The summed E-state index contributed by atoms with van der Waals surface area (Å²) in [5.74, 6) is 0. The van der Waals surface area contributed by atoms with Crippen LogP contribution in [0.2, 0.25) is 5.02 Å². The molecule has 0 bridgehead atoms. The lowest BCUT2D eigenvalue weighted by Crippen LogP contribution is -2.04. The lowest BCUT2D eigenvalue weighted by atomic mass is 9.91. The van der Waals surface area contributed by atoms with Gasteiger partial charge in [0.15, 0.2) is 0 Å². The van der Waals surface area contributed by atoms with Crippen LogP contribution in [-0.2, 0) is 6.42 Å². The van der Waals surface area contributed by atoms with Gasteiger partial charge < -0.3 is 0 Å². The van der Waals surface area contributed by atoms with Crippen LogP contribution < -0.4 is 0 Å². The summed E-state index contributed by atoms with van der Waals surface area (Å²) in [6, 6.07) is 6.02. The zero-order valence-electron chi connectivity index (χ0n) is 6.69. The predicted molar refractivity (Wildman–Crippen MR) is 53.0 cm³/mol. The van der Waals surface area contributed by atoms with Crippen molar-refractivity contribution in [2.45, 2.75) is 24.6 Å². The Labute approximate surface area is 82.5 Å². The van der Waals surface area contributed by atoms with E-state index < -0.39 is 0 Å². The standard InChI is InChI=1S/C10H10Cl2/c11-8-5-4-7-2-1-3-10(12)9(7)6-8/h4-6,10H,1-3H2/t10-/m1/s1. The molecule has 1 atom stereocenters. The van der Waals surface area contributed by atoms with Gasteiger partial charge in [-0.1, -0.05) is 17.7 Å². The highest BCUT2D eigenvalue weighted by Gasteiger charge is 2.17. The number of aryl methyl sites for hydroxylation is 1. The number of hydrogen-bond acceptors (Lipinski definition) is 0. The first kappa shape index (κ1) is 8.40. The third kappa shape index (κ3) is 1.46. The lowest BCUT2D eigenvalue weighted by molar-refractivity contribution is 0.667. The van der Waals surface area contributed by atoms with Gasteiger partial charge in [-0.05, 0) is 42.5 Å². The summed E-state index contributed by atoms with van der Waals surface area (Å²) in [7, 11) is 0. The third-order valence-electron chi connectivity index (χ3n) is 2.35. The highest BCUT2D eigenvalue weighted by Crippen LogP contribution is 2.35. The maximum absolute atomic E-state index is 6.16. The number of fused-ring (bicyclic) bond motifs is 1. The second kappa shape index (κ2) is 3.27. The molecule has 0 heterocycles. The van der Waals surface area contributed by atoms with Crippen LogP contribution in [0.15, 0.2) is 18.2 Å². The molecular formula is C10H10Cl2. The zero-order valence-corrected chi connectivity index (χ0v) is 8.20. The van der Waals surface area contributed by atoms with E-state index in [-0.39, 0.29) is 5.38 Å². The molecule has 0 spiro atoms. The average molecular weight is 201 g/mol. The second-order valence-electron chi connectivity index (χ2n) is 3.20. The summed E-state index contributed by atoms with van der Waals surface area (Å²) in [4.78, 5) is 0. The van der Waals surface area contributed by atoms with Gasteiger partial charge in [0.25, 0.3) is 0 Å². The molecule has 0 N–H and O–H groups in total. The van der Waals surface area contributed by atoms with Gasteiger partial charge in [-0.15, -0.1) is 11.6 Å². The van der Waals surface area contributed by atoms with Gasteiger partial charge in [-0.2, -0.15) is 0 Å². The number of alkyl halides is 1. The van der Waals surface area contributed by atoms with Crippen molar-refractivity contribution in [2.75, 3.05) is 0 Å². The number of halogens is 2. The van der Waals surface area contributed by atoms with Crippen molar-refractivity contribution in [1.29, 1.82) is 0 Å². The van der Waals surface area contributed by atoms with Crippen LogP contribution >= 0.6 is 23.2 Å². The molecule has 12 heavy (non-hydrogen) atoms. The minimum absolute atomic E-state index is 0.174. The van der Waals surface area contributed by atoms with Gasteiger partial charge in [0.2, 0.25) is 0 Å². The van der Waals surface area contributed by atoms with E-state index in [0.29, 0.717) is 0 Å². The Morgan fingerprint density at radius 2 is 2.17 bits per heavy atom. The summed E-state index contributed by atoms with van der Waals surface area (Å²) >= 11 is 12.0. The van der Waals surface area contributed by atoms with Crippen molar-refractivity contribution in [3.63, 3.8) is 0 Å². The molecule has 1 aromatic rings. The van der Waals surface area contributed by atoms with Gasteiger partial charge in [-0.25, -0.2) is 0 Å². The maximum Gasteiger partial charge on any atom is 0.0588 e. The molecule has 1 aromatic carbocycles. The Kier molecular flexibility index (Phi) is 2.29. The van der Waals surface area contributed by atoms with E-state index >= 15 is 0 Å². The maximum atomic E-state index is 6.16. The number of hydrogen-bond donors (Lipinski definition) is 0. The second-order valence-corrected chi connectivity index (χ2v) is 4.17. The first-order valence-electron chi connectivity index (χ1n) is 4.20. The number of benzene rings is 1. The highest BCUT2D eigenvalue weighted by atomic mass is 35.5. The van der Waals surface area contributed by atoms with Crippen LogP contribution in [0.1, 0.15) is 29.3 Å². The summed E-state index contributed by atoms with van der Waals surface area (Å²) in [5, 5.41) is 0.966. The van der Waals surface area contributed by atoms with Gasteiger partial charge >= 0.3 is 0 Å². The average Bonchev–Trinajstić information content (AvgIpc) is 2.07. The molecule has 2 heteroatoms. The molecule has 0 nitrogen and oxygen atoms in total. The van der Waals surface area contributed by atoms with Crippen LogP contribution in [0.3, 0.4) is 0 Å². The molecule has 0 unspecified atom stereocenters. The van der Waals surface area contributed by atoms with Crippen molar-refractivity contribution in [1.82, 2.24) is 0 Å². The molecule has 0 aliphatic heterocycles. The van der Waals surface area contributed by atoms with Crippen LogP contribution in [0.25, 0.3) is 0 Å². The van der Waals surface area contributed by atoms with Crippen molar-refractivity contribution in [3.8, 4) is 0 Å². The monoisotopic (exact) mass is 200 g/mol. The quantitative estimate of drug-likeness (QED) is 0.557. The zero-order chi connectivity index (χ0) is 8.55. The molecule has 0 amide bonds. The van der Waals surface area contributed by atoms with Gasteiger partial charge in [0.1, 0.15) is 0 Å². The third-order valence-corrected chi connectivity index (χ3v) is 3.04. The van der Waals surface area contributed by atoms with Crippen LogP contribution in [0, 0.1) is 0 Å². The van der Waals surface area contributed by atoms with Crippen molar-refractivity contribution >= 4 is 23.2 Å². The van der Waals surface area contributed by atoms with E-state index in [1.165, 1.54) is 17.5 Å². The fourth-order valence-corrected chi connectivity index (χ4v) is 2.25. The van der Waals surface area contributed by atoms with Crippen molar-refractivity contribution in [2.24, 2.45) is 0 Å². The molecular weight excluding hydrogens is 191 g/mol. The van der Waals surface area contributed by atoms with Gasteiger partial charge in [-0.3, -0.25) is 0 Å².